The number of ether oxygens (including phenoxy) is 1. The van der Waals surface area contributed by atoms with E-state index in [9.17, 15) is 4.79 Å². The normalized spacial score (nSPS) is 9.94. The van der Waals surface area contributed by atoms with Crippen LogP contribution in [0.4, 0.5) is 11.4 Å². The van der Waals surface area contributed by atoms with E-state index >= 15 is 0 Å². The molecular formula is C12H18N2O2. The van der Waals surface area contributed by atoms with E-state index < -0.39 is 0 Å². The van der Waals surface area contributed by atoms with Crippen molar-refractivity contribution in [1.29, 1.82) is 0 Å². The standard InChI is InChI=1S/C12H18N2O2/c1-4-7-14(9(2)15)10-5-6-11(13)12(8-10)16-3/h5-6,8H,4,7,13H2,1-3H3. The number of amides is 1. The molecule has 4 nitrogen and oxygen atoms in total. The van der Waals surface area contributed by atoms with Gasteiger partial charge in [-0.15, -0.1) is 0 Å². The minimum Gasteiger partial charge on any atom is -0.495 e. The molecule has 0 radical (unpaired) electrons. The first-order valence-corrected chi connectivity index (χ1v) is 5.31. The van der Waals surface area contributed by atoms with Crippen molar-refractivity contribution >= 4 is 17.3 Å². The second-order valence-corrected chi connectivity index (χ2v) is 3.60. The van der Waals surface area contributed by atoms with Crippen LogP contribution in [0.3, 0.4) is 0 Å². The second kappa shape index (κ2) is 5.39. The van der Waals surface area contributed by atoms with Crippen LogP contribution in [0, 0.1) is 0 Å². The molecule has 0 unspecified atom stereocenters. The molecule has 0 bridgehead atoms. The zero-order valence-corrected chi connectivity index (χ0v) is 9.99. The average Bonchev–Trinajstić information content (AvgIpc) is 2.26. The summed E-state index contributed by atoms with van der Waals surface area (Å²) in [6.45, 7) is 4.28. The lowest BCUT2D eigenvalue weighted by Gasteiger charge is -2.21. The molecule has 0 heterocycles. The molecule has 88 valence electrons. The highest BCUT2D eigenvalue weighted by molar-refractivity contribution is 5.92. The minimum atomic E-state index is 0.0219. The first-order chi connectivity index (χ1) is 7.60. The van der Waals surface area contributed by atoms with E-state index in [0.29, 0.717) is 18.0 Å². The van der Waals surface area contributed by atoms with Crippen LogP contribution in [0.2, 0.25) is 0 Å². The van der Waals surface area contributed by atoms with Crippen molar-refractivity contribution in [3.05, 3.63) is 18.2 Å². The number of nitrogen functional groups attached to an aromatic ring is 1. The lowest BCUT2D eigenvalue weighted by atomic mass is 10.2. The summed E-state index contributed by atoms with van der Waals surface area (Å²) < 4.78 is 5.13. The third kappa shape index (κ3) is 2.66. The van der Waals surface area contributed by atoms with E-state index in [1.54, 1.807) is 31.1 Å². The lowest BCUT2D eigenvalue weighted by molar-refractivity contribution is -0.116. The molecule has 1 rings (SSSR count). The third-order valence-electron chi connectivity index (χ3n) is 2.36. The zero-order chi connectivity index (χ0) is 12.1. The molecule has 0 saturated heterocycles. The highest BCUT2D eigenvalue weighted by Crippen LogP contribution is 2.27. The molecular weight excluding hydrogens is 204 g/mol. The van der Waals surface area contributed by atoms with Crippen LogP contribution in [0.15, 0.2) is 18.2 Å². The molecule has 0 atom stereocenters. The summed E-state index contributed by atoms with van der Waals surface area (Å²) >= 11 is 0. The topological polar surface area (TPSA) is 55.6 Å². The molecule has 0 fully saturated rings. The van der Waals surface area contributed by atoms with E-state index in [0.717, 1.165) is 12.1 Å². The average molecular weight is 222 g/mol. The Morgan fingerprint density at radius 1 is 1.50 bits per heavy atom. The quantitative estimate of drug-likeness (QED) is 0.793. The summed E-state index contributed by atoms with van der Waals surface area (Å²) in [5.74, 6) is 0.619. The number of nitrogens with two attached hydrogens (primary N) is 1. The highest BCUT2D eigenvalue weighted by atomic mass is 16.5. The molecule has 1 aromatic rings. The summed E-state index contributed by atoms with van der Waals surface area (Å²) in [6, 6.07) is 5.36. The molecule has 0 aliphatic rings. The first kappa shape index (κ1) is 12.4. The van der Waals surface area contributed by atoms with E-state index in [-0.39, 0.29) is 5.91 Å². The number of carbonyl (C=O) groups is 1. The molecule has 16 heavy (non-hydrogen) atoms. The summed E-state index contributed by atoms with van der Waals surface area (Å²) in [4.78, 5) is 13.2. The summed E-state index contributed by atoms with van der Waals surface area (Å²) in [7, 11) is 1.56. The van der Waals surface area contributed by atoms with Crippen LogP contribution in [0.1, 0.15) is 20.3 Å². The lowest BCUT2D eigenvalue weighted by Crippen LogP contribution is -2.29. The van der Waals surface area contributed by atoms with Crippen LogP contribution in [-0.4, -0.2) is 19.6 Å². The van der Waals surface area contributed by atoms with Gasteiger partial charge in [-0.1, -0.05) is 6.92 Å². The molecule has 2 N–H and O–H groups in total. The SMILES string of the molecule is CCCN(C(C)=O)c1ccc(N)c(OC)c1. The van der Waals surface area contributed by atoms with Gasteiger partial charge in [-0.2, -0.15) is 0 Å². The highest BCUT2D eigenvalue weighted by Gasteiger charge is 2.11. The van der Waals surface area contributed by atoms with Crippen LogP contribution < -0.4 is 15.4 Å². The van der Waals surface area contributed by atoms with Gasteiger partial charge >= 0.3 is 0 Å². The largest absolute Gasteiger partial charge is 0.495 e. The predicted molar refractivity (Wildman–Crippen MR) is 65.7 cm³/mol. The fourth-order valence-corrected chi connectivity index (χ4v) is 1.56. The zero-order valence-electron chi connectivity index (χ0n) is 9.99. The smallest absolute Gasteiger partial charge is 0.223 e. The predicted octanol–water partition coefficient (Wildman–Crippen LogP) is 2.04. The van der Waals surface area contributed by atoms with Gasteiger partial charge in [-0.25, -0.2) is 0 Å². The Balaban J connectivity index is 3.05. The third-order valence-corrected chi connectivity index (χ3v) is 2.36. The maximum atomic E-state index is 11.5. The monoisotopic (exact) mass is 222 g/mol. The second-order valence-electron chi connectivity index (χ2n) is 3.60. The van der Waals surface area contributed by atoms with Crippen molar-refractivity contribution in [2.75, 3.05) is 24.3 Å². The van der Waals surface area contributed by atoms with Gasteiger partial charge in [0.25, 0.3) is 0 Å². The van der Waals surface area contributed by atoms with Gasteiger partial charge in [-0.3, -0.25) is 4.79 Å². The van der Waals surface area contributed by atoms with Gasteiger partial charge in [0.1, 0.15) is 5.75 Å². The molecule has 1 amide bonds. The van der Waals surface area contributed by atoms with Crippen molar-refractivity contribution in [3.63, 3.8) is 0 Å². The Labute approximate surface area is 96.0 Å². The van der Waals surface area contributed by atoms with Gasteiger partial charge in [-0.05, 0) is 18.6 Å². The van der Waals surface area contributed by atoms with Gasteiger partial charge in [0.15, 0.2) is 0 Å². The molecule has 4 heteroatoms. The van der Waals surface area contributed by atoms with E-state index in [1.165, 1.54) is 0 Å². The number of methoxy groups -OCH3 is 1. The molecule has 0 saturated carbocycles. The number of hydrogen-bond acceptors (Lipinski definition) is 3. The Morgan fingerprint density at radius 3 is 2.69 bits per heavy atom. The van der Waals surface area contributed by atoms with Crippen LogP contribution >= 0.6 is 0 Å². The Bertz CT molecular complexity index is 377. The molecule has 0 aliphatic carbocycles. The van der Waals surface area contributed by atoms with Crippen molar-refractivity contribution in [1.82, 2.24) is 0 Å². The van der Waals surface area contributed by atoms with Gasteiger partial charge in [0.05, 0.1) is 12.8 Å². The minimum absolute atomic E-state index is 0.0219. The van der Waals surface area contributed by atoms with E-state index in [4.69, 9.17) is 10.5 Å². The van der Waals surface area contributed by atoms with E-state index in [1.807, 2.05) is 13.0 Å². The Kier molecular flexibility index (Phi) is 4.17. The van der Waals surface area contributed by atoms with Crippen molar-refractivity contribution in [2.24, 2.45) is 0 Å². The van der Waals surface area contributed by atoms with Gasteiger partial charge < -0.3 is 15.4 Å². The molecule has 0 aliphatic heterocycles. The number of nitrogens with zero attached hydrogens (tertiary/aromatic N) is 1. The van der Waals surface area contributed by atoms with Crippen molar-refractivity contribution in [2.45, 2.75) is 20.3 Å². The number of anilines is 2. The maximum absolute atomic E-state index is 11.5. The fraction of sp³-hybridized carbons (Fsp3) is 0.417. The van der Waals surface area contributed by atoms with E-state index in [2.05, 4.69) is 0 Å². The Morgan fingerprint density at radius 2 is 2.19 bits per heavy atom. The molecule has 0 aromatic heterocycles. The fourth-order valence-electron chi connectivity index (χ4n) is 1.56. The summed E-state index contributed by atoms with van der Waals surface area (Å²) in [5, 5.41) is 0. The Hall–Kier alpha value is -1.71. The van der Waals surface area contributed by atoms with Crippen LogP contribution in [0.25, 0.3) is 0 Å². The maximum Gasteiger partial charge on any atom is 0.223 e. The number of carbonyl (C=O) groups excluding carboxylic acids is 1. The first-order valence-electron chi connectivity index (χ1n) is 5.31. The van der Waals surface area contributed by atoms with Crippen molar-refractivity contribution in [3.8, 4) is 5.75 Å². The number of benzene rings is 1. The number of rotatable bonds is 4. The number of hydrogen-bond donors (Lipinski definition) is 1. The van der Waals surface area contributed by atoms with Gasteiger partial charge in [0.2, 0.25) is 5.91 Å². The molecule has 0 spiro atoms. The van der Waals surface area contributed by atoms with Crippen molar-refractivity contribution < 1.29 is 9.53 Å². The molecule has 1 aromatic carbocycles. The summed E-state index contributed by atoms with van der Waals surface area (Å²) in [6.07, 6.45) is 0.909. The van der Waals surface area contributed by atoms with Crippen LogP contribution in [0.5, 0.6) is 5.75 Å². The van der Waals surface area contributed by atoms with Crippen LogP contribution in [-0.2, 0) is 4.79 Å². The summed E-state index contributed by atoms with van der Waals surface area (Å²) in [5.41, 5.74) is 7.12. The van der Waals surface area contributed by atoms with Gasteiger partial charge in [0, 0.05) is 25.2 Å².